The van der Waals surface area contributed by atoms with Gasteiger partial charge >= 0.3 is 17.9 Å². The number of allylic oxidation sites excluding steroid dienone is 6. The zero-order valence-electron chi connectivity index (χ0n) is 39.3. The number of ether oxygens (including phenoxy) is 3. The van der Waals surface area contributed by atoms with Crippen LogP contribution < -0.4 is 0 Å². The van der Waals surface area contributed by atoms with Crippen LogP contribution >= 0.6 is 0 Å². The Hall–Kier alpha value is -2.37. The minimum absolute atomic E-state index is 0.0735. The Morgan fingerprint density at radius 1 is 0.356 bits per heavy atom. The first-order chi connectivity index (χ1) is 29.0. The molecule has 0 aliphatic rings. The van der Waals surface area contributed by atoms with Gasteiger partial charge in [-0.1, -0.05) is 231 Å². The van der Waals surface area contributed by atoms with Gasteiger partial charge in [-0.2, -0.15) is 0 Å². The van der Waals surface area contributed by atoms with Crippen LogP contribution in [0.25, 0.3) is 0 Å². The first kappa shape index (κ1) is 56.6. The molecule has 0 saturated carbocycles. The molecule has 0 radical (unpaired) electrons. The molecule has 0 saturated heterocycles. The van der Waals surface area contributed by atoms with Crippen molar-refractivity contribution in [3.8, 4) is 0 Å². The van der Waals surface area contributed by atoms with Gasteiger partial charge in [0.15, 0.2) is 6.10 Å². The van der Waals surface area contributed by atoms with Gasteiger partial charge in [-0.3, -0.25) is 14.4 Å². The summed E-state index contributed by atoms with van der Waals surface area (Å²) in [4.78, 5) is 37.9. The molecule has 0 unspecified atom stereocenters. The monoisotopic (exact) mass is 829 g/mol. The van der Waals surface area contributed by atoms with Crippen LogP contribution in [0.2, 0.25) is 0 Å². The Balaban J connectivity index is 4.37. The van der Waals surface area contributed by atoms with Crippen molar-refractivity contribution in [2.24, 2.45) is 0 Å². The summed E-state index contributed by atoms with van der Waals surface area (Å²) in [6, 6.07) is 0. The van der Waals surface area contributed by atoms with Crippen LogP contribution in [0.1, 0.15) is 265 Å². The Kier molecular flexibility index (Phi) is 46.4. The largest absolute Gasteiger partial charge is 0.462 e. The van der Waals surface area contributed by atoms with Crippen LogP contribution in [0.4, 0.5) is 0 Å². The van der Waals surface area contributed by atoms with E-state index in [1.807, 2.05) is 0 Å². The van der Waals surface area contributed by atoms with E-state index in [4.69, 9.17) is 14.2 Å². The van der Waals surface area contributed by atoms with Crippen molar-refractivity contribution in [3.63, 3.8) is 0 Å². The van der Waals surface area contributed by atoms with Gasteiger partial charge in [-0.15, -0.1) is 0 Å². The molecule has 0 amide bonds. The Bertz CT molecular complexity index is 1000. The fraction of sp³-hybridized carbons (Fsp3) is 0.830. The van der Waals surface area contributed by atoms with Crippen molar-refractivity contribution in [1.82, 2.24) is 0 Å². The zero-order chi connectivity index (χ0) is 43.0. The Morgan fingerprint density at radius 2 is 0.661 bits per heavy atom. The third-order valence-corrected chi connectivity index (χ3v) is 11.2. The second-order valence-electron chi connectivity index (χ2n) is 17.1. The lowest BCUT2D eigenvalue weighted by molar-refractivity contribution is -0.167. The summed E-state index contributed by atoms with van der Waals surface area (Å²) in [6.07, 6.45) is 55.5. The van der Waals surface area contributed by atoms with Crippen LogP contribution in [0.5, 0.6) is 0 Å². The number of esters is 3. The second kappa shape index (κ2) is 48.3. The SMILES string of the molecule is CCC=CCC=CCC=CCCCCCCCC(=O)OC[C@@H](COC(=O)CCCCCCCCCCCCCCC)OC(=O)CCCCCCCCCCCCCCC. The molecule has 0 aliphatic carbocycles. The van der Waals surface area contributed by atoms with Crippen LogP contribution in [0.3, 0.4) is 0 Å². The Labute approximate surface area is 365 Å². The minimum Gasteiger partial charge on any atom is -0.462 e. The standard InChI is InChI=1S/C53H96O6/c1-4-7-10-13-16-19-22-25-26-29-31-34-37-40-43-46-52(55)58-49-50(59-53(56)47-44-41-38-35-32-28-24-21-18-15-12-9-6-3)48-57-51(54)45-42-39-36-33-30-27-23-20-17-14-11-8-5-2/h7,10,16,19,25-26,50H,4-6,8-9,11-15,17-18,20-24,27-49H2,1-3H3/t50-/m1/s1. The second-order valence-corrected chi connectivity index (χ2v) is 17.1. The van der Waals surface area contributed by atoms with Crippen molar-refractivity contribution in [2.75, 3.05) is 13.2 Å². The maximum atomic E-state index is 12.8. The smallest absolute Gasteiger partial charge is 0.306 e. The highest BCUT2D eigenvalue weighted by Gasteiger charge is 2.19. The predicted octanol–water partition coefficient (Wildman–Crippen LogP) is 16.5. The fourth-order valence-electron chi connectivity index (χ4n) is 7.34. The summed E-state index contributed by atoms with van der Waals surface area (Å²) in [5.41, 5.74) is 0. The molecule has 0 heterocycles. The van der Waals surface area contributed by atoms with E-state index in [0.29, 0.717) is 19.3 Å². The minimum atomic E-state index is -0.773. The molecule has 344 valence electrons. The van der Waals surface area contributed by atoms with Gasteiger partial charge in [0.1, 0.15) is 13.2 Å². The van der Waals surface area contributed by atoms with Gasteiger partial charge < -0.3 is 14.2 Å². The fourth-order valence-corrected chi connectivity index (χ4v) is 7.34. The number of rotatable bonds is 46. The van der Waals surface area contributed by atoms with Crippen LogP contribution in [-0.2, 0) is 28.6 Å². The average Bonchev–Trinajstić information content (AvgIpc) is 3.23. The van der Waals surface area contributed by atoms with Crippen LogP contribution in [0, 0.1) is 0 Å². The topological polar surface area (TPSA) is 78.9 Å². The molecule has 1 atom stereocenters. The summed E-state index contributed by atoms with van der Waals surface area (Å²) in [5.74, 6) is -0.880. The summed E-state index contributed by atoms with van der Waals surface area (Å²) in [7, 11) is 0. The Morgan fingerprint density at radius 3 is 1.03 bits per heavy atom. The number of carbonyl (C=O) groups is 3. The molecule has 6 heteroatoms. The molecule has 0 fully saturated rings. The van der Waals surface area contributed by atoms with E-state index in [2.05, 4.69) is 57.2 Å². The van der Waals surface area contributed by atoms with Crippen LogP contribution in [0.15, 0.2) is 36.5 Å². The van der Waals surface area contributed by atoms with Gasteiger partial charge in [0.25, 0.3) is 0 Å². The third-order valence-electron chi connectivity index (χ3n) is 11.2. The molecule has 0 rings (SSSR count). The average molecular weight is 829 g/mol. The highest BCUT2D eigenvalue weighted by atomic mass is 16.6. The van der Waals surface area contributed by atoms with Gasteiger partial charge in [0.05, 0.1) is 0 Å². The lowest BCUT2D eigenvalue weighted by Gasteiger charge is -2.18. The van der Waals surface area contributed by atoms with Crippen molar-refractivity contribution >= 4 is 17.9 Å². The van der Waals surface area contributed by atoms with Gasteiger partial charge in [-0.05, 0) is 51.4 Å². The first-order valence-electron chi connectivity index (χ1n) is 25.5. The molecule has 0 spiro atoms. The number of hydrogen-bond donors (Lipinski definition) is 0. The molecule has 6 nitrogen and oxygen atoms in total. The first-order valence-corrected chi connectivity index (χ1v) is 25.5. The molecule has 0 bridgehead atoms. The third kappa shape index (κ3) is 46.5. The predicted molar refractivity (Wildman–Crippen MR) is 252 cm³/mol. The van der Waals surface area contributed by atoms with E-state index in [1.165, 1.54) is 128 Å². The van der Waals surface area contributed by atoms with Crippen molar-refractivity contribution < 1.29 is 28.6 Å². The van der Waals surface area contributed by atoms with E-state index in [0.717, 1.165) is 96.3 Å². The zero-order valence-corrected chi connectivity index (χ0v) is 39.3. The highest BCUT2D eigenvalue weighted by molar-refractivity contribution is 5.71. The van der Waals surface area contributed by atoms with E-state index in [-0.39, 0.29) is 31.1 Å². The summed E-state index contributed by atoms with van der Waals surface area (Å²) < 4.78 is 16.8. The number of carbonyl (C=O) groups excluding carboxylic acids is 3. The molecular formula is C53H96O6. The van der Waals surface area contributed by atoms with Crippen molar-refractivity contribution in [3.05, 3.63) is 36.5 Å². The van der Waals surface area contributed by atoms with Crippen molar-refractivity contribution in [2.45, 2.75) is 271 Å². The molecule has 0 N–H and O–H groups in total. The molecule has 0 aliphatic heterocycles. The van der Waals surface area contributed by atoms with Gasteiger partial charge in [-0.25, -0.2) is 0 Å². The maximum Gasteiger partial charge on any atom is 0.306 e. The molecular weight excluding hydrogens is 733 g/mol. The summed E-state index contributed by atoms with van der Waals surface area (Å²) in [6.45, 7) is 6.53. The lowest BCUT2D eigenvalue weighted by Crippen LogP contribution is -2.30. The van der Waals surface area contributed by atoms with Crippen LogP contribution in [-0.4, -0.2) is 37.2 Å². The molecule has 0 aromatic rings. The van der Waals surface area contributed by atoms with E-state index in [9.17, 15) is 14.4 Å². The van der Waals surface area contributed by atoms with E-state index in [1.54, 1.807) is 0 Å². The normalized spacial score (nSPS) is 12.3. The summed E-state index contributed by atoms with van der Waals surface area (Å²) >= 11 is 0. The van der Waals surface area contributed by atoms with Crippen molar-refractivity contribution in [1.29, 1.82) is 0 Å². The van der Waals surface area contributed by atoms with Gasteiger partial charge in [0, 0.05) is 19.3 Å². The highest BCUT2D eigenvalue weighted by Crippen LogP contribution is 2.16. The summed E-state index contributed by atoms with van der Waals surface area (Å²) in [5, 5.41) is 0. The molecule has 0 aromatic carbocycles. The van der Waals surface area contributed by atoms with Gasteiger partial charge in [0.2, 0.25) is 0 Å². The quantitative estimate of drug-likeness (QED) is 0.0263. The lowest BCUT2D eigenvalue weighted by atomic mass is 10.0. The van der Waals surface area contributed by atoms with E-state index < -0.39 is 6.10 Å². The van der Waals surface area contributed by atoms with E-state index >= 15 is 0 Å². The molecule has 0 aromatic heterocycles. The number of unbranched alkanes of at least 4 members (excludes halogenated alkanes) is 29. The number of hydrogen-bond acceptors (Lipinski definition) is 6. The molecule has 59 heavy (non-hydrogen) atoms. The maximum absolute atomic E-state index is 12.8.